The monoisotopic (exact) mass is 471 g/mol. The molecule has 2 fully saturated rings. The van der Waals surface area contributed by atoms with Gasteiger partial charge in [-0.15, -0.1) is 0 Å². The number of benzene rings is 1. The number of carbonyl (C=O) groups is 3. The summed E-state index contributed by atoms with van der Waals surface area (Å²) in [7, 11) is 0. The summed E-state index contributed by atoms with van der Waals surface area (Å²) in [6.07, 6.45) is 4.78. The number of pyridine rings is 1. The number of para-hydroxylation sites is 1. The molecule has 3 aromatic rings. The maximum absolute atomic E-state index is 14.2. The number of rotatable bonds is 1. The summed E-state index contributed by atoms with van der Waals surface area (Å²) in [5.74, 6) is -0.685. The van der Waals surface area contributed by atoms with E-state index in [9.17, 15) is 19.2 Å². The molecule has 0 saturated carbocycles. The molecule has 1 N–H and O–H groups in total. The number of amides is 4. The maximum Gasteiger partial charge on any atom is 0.335 e. The van der Waals surface area contributed by atoms with Crippen molar-refractivity contribution < 1.29 is 14.4 Å². The van der Waals surface area contributed by atoms with Gasteiger partial charge in [0, 0.05) is 19.2 Å². The lowest BCUT2D eigenvalue weighted by atomic mass is 9.68. The molecule has 3 aliphatic rings. The summed E-state index contributed by atoms with van der Waals surface area (Å²) in [6.45, 7) is 2.48. The van der Waals surface area contributed by atoms with Gasteiger partial charge in [-0.05, 0) is 43.5 Å². The van der Waals surface area contributed by atoms with E-state index in [1.54, 1.807) is 42.6 Å². The zero-order valence-electron chi connectivity index (χ0n) is 19.4. The number of imide groups is 2. The van der Waals surface area contributed by atoms with Crippen molar-refractivity contribution in [1.29, 1.82) is 0 Å². The zero-order valence-corrected chi connectivity index (χ0v) is 19.4. The molecule has 1 aromatic carbocycles. The number of aryl methyl sites for hydroxylation is 1. The number of carbonyl (C=O) groups excluding carboxylic acids is 3. The van der Waals surface area contributed by atoms with E-state index in [4.69, 9.17) is 4.98 Å². The van der Waals surface area contributed by atoms with Gasteiger partial charge in [-0.1, -0.05) is 37.1 Å². The minimum absolute atomic E-state index is 0.104. The van der Waals surface area contributed by atoms with Gasteiger partial charge in [-0.2, -0.15) is 0 Å². The Morgan fingerprint density at radius 3 is 2.60 bits per heavy atom. The molecule has 9 nitrogen and oxygen atoms in total. The molecule has 0 bridgehead atoms. The van der Waals surface area contributed by atoms with E-state index in [0.717, 1.165) is 29.7 Å². The van der Waals surface area contributed by atoms with Crippen molar-refractivity contribution in [2.75, 3.05) is 16.3 Å². The van der Waals surface area contributed by atoms with Crippen molar-refractivity contribution in [2.24, 2.45) is 5.41 Å². The molecule has 35 heavy (non-hydrogen) atoms. The average Bonchev–Trinajstić information content (AvgIpc) is 3.11. The first-order valence-corrected chi connectivity index (χ1v) is 12.0. The summed E-state index contributed by atoms with van der Waals surface area (Å²) in [5, 5.41) is 2.44. The van der Waals surface area contributed by atoms with E-state index in [0.29, 0.717) is 35.7 Å². The molecule has 9 heteroatoms. The lowest BCUT2D eigenvalue weighted by molar-refractivity contribution is -0.144. The van der Waals surface area contributed by atoms with Crippen molar-refractivity contribution in [2.45, 2.75) is 45.1 Å². The molecule has 0 aliphatic carbocycles. The summed E-state index contributed by atoms with van der Waals surface area (Å²) in [5.41, 5.74) is 0.246. The number of nitrogens with zero attached hydrogens (tertiary/aromatic N) is 4. The number of nitrogens with one attached hydrogen (secondary N) is 1. The van der Waals surface area contributed by atoms with Crippen molar-refractivity contribution in [3.05, 3.63) is 70.1 Å². The van der Waals surface area contributed by atoms with Crippen LogP contribution in [-0.2, 0) is 16.0 Å². The quantitative estimate of drug-likeness (QED) is 0.547. The van der Waals surface area contributed by atoms with Gasteiger partial charge in [0.05, 0.1) is 17.3 Å². The molecule has 1 spiro atoms. The van der Waals surface area contributed by atoms with Crippen LogP contribution >= 0.6 is 0 Å². The van der Waals surface area contributed by atoms with Gasteiger partial charge < -0.3 is 4.90 Å². The molecule has 2 atom stereocenters. The Kier molecular flexibility index (Phi) is 4.77. The fourth-order valence-electron chi connectivity index (χ4n) is 5.90. The molecule has 0 radical (unpaired) electrons. The number of hydrogen-bond donors (Lipinski definition) is 1. The highest BCUT2D eigenvalue weighted by Gasteiger charge is 2.63. The van der Waals surface area contributed by atoms with Gasteiger partial charge in [-0.25, -0.2) is 14.7 Å². The first-order valence-electron chi connectivity index (χ1n) is 12.0. The van der Waals surface area contributed by atoms with Crippen LogP contribution < -0.4 is 20.7 Å². The standard InChI is InChI=1S/C26H25N5O4/c1-16-9-8-14-30-20(16)27-21-18(22(30)32)15-26(19-12-6-3-7-13-29(19)21)23(33)28-25(35)31(24(26)34)17-10-4-2-5-11-17/h2,4-5,8-11,14,19H,3,6-7,12-13,15H2,1H3,(H,28,33,35)/t19-,26-/m1/s1. The maximum atomic E-state index is 14.2. The Morgan fingerprint density at radius 2 is 1.80 bits per heavy atom. The fourth-order valence-corrected chi connectivity index (χ4v) is 5.90. The molecular formula is C26H25N5O4. The minimum Gasteiger partial charge on any atom is -0.352 e. The molecule has 178 valence electrons. The SMILES string of the molecule is Cc1cccn2c(=O)c3c(nc12)N1CCCCC[C@@H]1[C@]1(C3)C(=O)NC(=O)N(c2ccccc2)C1=O. The summed E-state index contributed by atoms with van der Waals surface area (Å²) >= 11 is 0. The number of aromatic nitrogens is 2. The van der Waals surface area contributed by atoms with Crippen molar-refractivity contribution in [3.8, 4) is 0 Å². The second kappa shape index (κ2) is 7.76. The van der Waals surface area contributed by atoms with Crippen LogP contribution in [0.25, 0.3) is 5.65 Å². The van der Waals surface area contributed by atoms with Gasteiger partial charge in [0.15, 0.2) is 5.41 Å². The van der Waals surface area contributed by atoms with Crippen LogP contribution in [0.2, 0.25) is 0 Å². The largest absolute Gasteiger partial charge is 0.352 e. The number of barbiturate groups is 1. The van der Waals surface area contributed by atoms with Gasteiger partial charge in [0.2, 0.25) is 5.91 Å². The van der Waals surface area contributed by atoms with Crippen LogP contribution in [-0.4, -0.2) is 39.8 Å². The second-order valence-corrected chi connectivity index (χ2v) is 9.55. The normalized spacial score (nSPS) is 24.3. The molecule has 6 rings (SSSR count). The van der Waals surface area contributed by atoms with Crippen molar-refractivity contribution in [1.82, 2.24) is 14.7 Å². The van der Waals surface area contributed by atoms with Crippen LogP contribution in [0.4, 0.5) is 16.3 Å². The molecule has 3 aliphatic heterocycles. The second-order valence-electron chi connectivity index (χ2n) is 9.55. The van der Waals surface area contributed by atoms with Crippen molar-refractivity contribution >= 4 is 35.0 Å². The zero-order chi connectivity index (χ0) is 24.3. The topological polar surface area (TPSA) is 104 Å². The first kappa shape index (κ1) is 21.5. The van der Waals surface area contributed by atoms with Gasteiger partial charge in [-0.3, -0.25) is 24.1 Å². The smallest absolute Gasteiger partial charge is 0.335 e. The van der Waals surface area contributed by atoms with E-state index in [-0.39, 0.29) is 12.0 Å². The molecule has 2 aromatic heterocycles. The predicted octanol–water partition coefficient (Wildman–Crippen LogP) is 2.58. The molecular weight excluding hydrogens is 446 g/mol. The summed E-state index contributed by atoms with van der Waals surface area (Å²) in [4.78, 5) is 62.4. The van der Waals surface area contributed by atoms with E-state index in [1.165, 1.54) is 4.40 Å². The van der Waals surface area contributed by atoms with Crippen molar-refractivity contribution in [3.63, 3.8) is 0 Å². The van der Waals surface area contributed by atoms with Gasteiger partial charge in [0.1, 0.15) is 11.5 Å². The lowest BCUT2D eigenvalue weighted by Crippen LogP contribution is -2.72. The third kappa shape index (κ3) is 2.97. The lowest BCUT2D eigenvalue weighted by Gasteiger charge is -2.50. The Balaban J connectivity index is 1.60. The molecule has 0 unspecified atom stereocenters. The van der Waals surface area contributed by atoms with Crippen LogP contribution in [0.3, 0.4) is 0 Å². The van der Waals surface area contributed by atoms with E-state index in [2.05, 4.69) is 5.32 Å². The molecule has 5 heterocycles. The van der Waals surface area contributed by atoms with E-state index in [1.807, 2.05) is 17.9 Å². The minimum atomic E-state index is -1.61. The predicted molar refractivity (Wildman–Crippen MR) is 129 cm³/mol. The number of hydrogen-bond acceptors (Lipinski definition) is 6. The third-order valence-corrected chi connectivity index (χ3v) is 7.60. The van der Waals surface area contributed by atoms with Crippen LogP contribution in [0.1, 0.15) is 36.8 Å². The Labute approximate surface area is 201 Å². The highest BCUT2D eigenvalue weighted by atomic mass is 16.2. The number of fused-ring (bicyclic) bond motifs is 5. The van der Waals surface area contributed by atoms with E-state index >= 15 is 0 Å². The number of anilines is 2. The highest BCUT2D eigenvalue weighted by Crippen LogP contribution is 2.46. The summed E-state index contributed by atoms with van der Waals surface area (Å²) < 4.78 is 1.48. The Hall–Kier alpha value is -4.01. The summed E-state index contributed by atoms with van der Waals surface area (Å²) in [6, 6.07) is 11.0. The third-order valence-electron chi connectivity index (χ3n) is 7.60. The van der Waals surface area contributed by atoms with Crippen LogP contribution in [0.5, 0.6) is 0 Å². The average molecular weight is 472 g/mol. The van der Waals surface area contributed by atoms with Gasteiger partial charge in [0.25, 0.3) is 11.5 Å². The first-order chi connectivity index (χ1) is 16.9. The van der Waals surface area contributed by atoms with E-state index < -0.39 is 29.3 Å². The van der Waals surface area contributed by atoms with Crippen LogP contribution in [0.15, 0.2) is 53.5 Å². The molecule has 4 amide bonds. The van der Waals surface area contributed by atoms with Crippen LogP contribution in [0, 0.1) is 12.3 Å². The Bertz CT molecular complexity index is 1450. The van der Waals surface area contributed by atoms with Gasteiger partial charge >= 0.3 is 6.03 Å². The molecule has 2 saturated heterocycles. The number of urea groups is 1. The fraction of sp³-hybridized carbons (Fsp3) is 0.346. The Morgan fingerprint density at radius 1 is 1.00 bits per heavy atom. The highest BCUT2D eigenvalue weighted by molar-refractivity contribution is 6.30.